The second-order valence-electron chi connectivity index (χ2n) is 5.64. The number of amidine groups is 1. The summed E-state index contributed by atoms with van der Waals surface area (Å²) in [6.45, 7) is 6.05. The van der Waals surface area contributed by atoms with Crippen molar-refractivity contribution in [1.29, 1.82) is 5.41 Å². The number of ether oxygens (including phenoxy) is 2. The van der Waals surface area contributed by atoms with Gasteiger partial charge in [0.15, 0.2) is 10.6 Å². The highest BCUT2D eigenvalue weighted by Crippen LogP contribution is 2.41. The molecule has 1 fully saturated rings. The molecule has 0 bridgehead atoms. The summed E-state index contributed by atoms with van der Waals surface area (Å²) in [5.74, 6) is -0.222. The summed E-state index contributed by atoms with van der Waals surface area (Å²) in [5.41, 5.74) is 4.10. The Hall–Kier alpha value is -0.950. The van der Waals surface area contributed by atoms with E-state index < -0.39 is 23.5 Å². The Kier molecular flexibility index (Phi) is 8.85. The summed E-state index contributed by atoms with van der Waals surface area (Å²) in [6.07, 6.45) is 1.09. The first-order chi connectivity index (χ1) is 9.81. The predicted octanol–water partition coefficient (Wildman–Crippen LogP) is 2.34. The predicted molar refractivity (Wildman–Crippen MR) is 89.3 cm³/mol. The first-order valence-electron chi connectivity index (χ1n) is 7.17. The zero-order valence-corrected chi connectivity index (χ0v) is 14.9. The van der Waals surface area contributed by atoms with Gasteiger partial charge >= 0.3 is 11.9 Å². The Morgan fingerprint density at radius 1 is 1.59 bits per heavy atom. The average Bonchev–Trinajstić information content (AvgIpc) is 2.72. The number of hydrogen-bond donors (Lipinski definition) is 2. The third-order valence-electron chi connectivity index (χ3n) is 3.48. The summed E-state index contributed by atoms with van der Waals surface area (Å²) in [5, 5.41) is 7.18. The fourth-order valence-electron chi connectivity index (χ4n) is 2.33. The van der Waals surface area contributed by atoms with Crippen molar-refractivity contribution in [1.82, 2.24) is 0 Å². The molecule has 22 heavy (non-hydrogen) atoms. The van der Waals surface area contributed by atoms with Crippen molar-refractivity contribution in [3.8, 4) is 0 Å². The van der Waals surface area contributed by atoms with Crippen molar-refractivity contribution >= 4 is 41.3 Å². The molecule has 1 rings (SSSR count). The Morgan fingerprint density at radius 2 is 2.23 bits per heavy atom. The van der Waals surface area contributed by atoms with Crippen LogP contribution < -0.4 is 5.73 Å². The standard InChI is InChI=1S/C14H24N2O4S.ClH/c1-4-19-11(17)14(6-5-9(2)3)7-10(20-12(14)18)8-21-13(15)16;/h9-10H,4-8H2,1-3H3,(H3,15,16);1H. The van der Waals surface area contributed by atoms with E-state index in [-0.39, 0.29) is 24.2 Å². The molecule has 1 saturated heterocycles. The van der Waals surface area contributed by atoms with Gasteiger partial charge in [0, 0.05) is 12.2 Å². The molecule has 0 aromatic carbocycles. The number of carbonyl (C=O) groups excluding carboxylic acids is 2. The zero-order chi connectivity index (χ0) is 16.0. The summed E-state index contributed by atoms with van der Waals surface area (Å²) in [7, 11) is 0. The second-order valence-corrected chi connectivity index (χ2v) is 6.70. The van der Waals surface area contributed by atoms with E-state index in [1.807, 2.05) is 13.8 Å². The average molecular weight is 353 g/mol. The van der Waals surface area contributed by atoms with Crippen molar-refractivity contribution in [2.24, 2.45) is 17.1 Å². The number of rotatable bonds is 7. The van der Waals surface area contributed by atoms with Crippen molar-refractivity contribution < 1.29 is 19.1 Å². The van der Waals surface area contributed by atoms with E-state index in [0.717, 1.165) is 18.2 Å². The van der Waals surface area contributed by atoms with Gasteiger partial charge in [0.1, 0.15) is 6.10 Å². The highest BCUT2D eigenvalue weighted by Gasteiger charge is 2.55. The number of nitrogens with two attached hydrogens (primary N) is 1. The first-order valence-corrected chi connectivity index (χ1v) is 8.15. The minimum Gasteiger partial charge on any atom is -0.465 e. The summed E-state index contributed by atoms with van der Waals surface area (Å²) in [4.78, 5) is 24.5. The number of nitrogens with one attached hydrogen (secondary N) is 1. The molecule has 0 aliphatic carbocycles. The van der Waals surface area contributed by atoms with Crippen LogP contribution in [0.2, 0.25) is 0 Å². The van der Waals surface area contributed by atoms with E-state index in [1.54, 1.807) is 6.92 Å². The van der Waals surface area contributed by atoms with Gasteiger partial charge in [0.25, 0.3) is 0 Å². The van der Waals surface area contributed by atoms with E-state index in [4.69, 9.17) is 20.6 Å². The number of carbonyl (C=O) groups is 2. The number of thioether (sulfide) groups is 1. The molecule has 1 aliphatic heterocycles. The largest absolute Gasteiger partial charge is 0.465 e. The van der Waals surface area contributed by atoms with Gasteiger partial charge in [-0.2, -0.15) is 0 Å². The lowest BCUT2D eigenvalue weighted by atomic mass is 9.79. The van der Waals surface area contributed by atoms with Crippen LogP contribution in [-0.2, 0) is 19.1 Å². The van der Waals surface area contributed by atoms with Crippen molar-refractivity contribution in [3.05, 3.63) is 0 Å². The van der Waals surface area contributed by atoms with Crippen LogP contribution in [0.3, 0.4) is 0 Å². The molecule has 8 heteroatoms. The highest BCUT2D eigenvalue weighted by atomic mass is 35.5. The molecule has 0 saturated carbocycles. The summed E-state index contributed by atoms with van der Waals surface area (Å²) in [6, 6.07) is 0. The number of hydrogen-bond acceptors (Lipinski definition) is 6. The Morgan fingerprint density at radius 3 is 2.73 bits per heavy atom. The number of esters is 2. The maximum absolute atomic E-state index is 12.3. The fraction of sp³-hybridized carbons (Fsp3) is 0.786. The molecule has 2 unspecified atom stereocenters. The Bertz CT molecular complexity index is 420. The lowest BCUT2D eigenvalue weighted by molar-refractivity contribution is -0.165. The van der Waals surface area contributed by atoms with Crippen LogP contribution in [-0.4, -0.2) is 35.6 Å². The van der Waals surface area contributed by atoms with Gasteiger partial charge in [0.2, 0.25) is 0 Å². The molecule has 0 aromatic rings. The molecular weight excluding hydrogens is 328 g/mol. The maximum atomic E-state index is 12.3. The van der Waals surface area contributed by atoms with Crippen LogP contribution in [0.4, 0.5) is 0 Å². The molecule has 6 nitrogen and oxygen atoms in total. The minimum atomic E-state index is -1.19. The van der Waals surface area contributed by atoms with E-state index in [2.05, 4.69) is 0 Å². The van der Waals surface area contributed by atoms with Crippen LogP contribution >= 0.6 is 24.2 Å². The van der Waals surface area contributed by atoms with E-state index in [1.165, 1.54) is 0 Å². The monoisotopic (exact) mass is 352 g/mol. The van der Waals surface area contributed by atoms with Crippen LogP contribution in [0.15, 0.2) is 0 Å². The van der Waals surface area contributed by atoms with Gasteiger partial charge in [-0.25, -0.2) is 0 Å². The number of cyclic esters (lactones) is 1. The van der Waals surface area contributed by atoms with E-state index >= 15 is 0 Å². The van der Waals surface area contributed by atoms with E-state index in [0.29, 0.717) is 24.5 Å². The van der Waals surface area contributed by atoms with Crippen molar-refractivity contribution in [2.45, 2.75) is 46.1 Å². The molecule has 0 amide bonds. The Balaban J connectivity index is 0.00000441. The highest BCUT2D eigenvalue weighted by molar-refractivity contribution is 8.13. The molecular formula is C14H25ClN2O4S. The molecule has 2 atom stereocenters. The van der Waals surface area contributed by atoms with Gasteiger partial charge < -0.3 is 15.2 Å². The molecule has 128 valence electrons. The third-order valence-corrected chi connectivity index (χ3v) is 4.33. The van der Waals surface area contributed by atoms with Gasteiger partial charge in [-0.1, -0.05) is 25.6 Å². The topological polar surface area (TPSA) is 102 Å². The van der Waals surface area contributed by atoms with Crippen LogP contribution in [0, 0.1) is 16.7 Å². The minimum absolute atomic E-state index is 0. The van der Waals surface area contributed by atoms with Crippen molar-refractivity contribution in [2.75, 3.05) is 12.4 Å². The van der Waals surface area contributed by atoms with E-state index in [9.17, 15) is 9.59 Å². The van der Waals surface area contributed by atoms with Crippen LogP contribution in [0.25, 0.3) is 0 Å². The molecule has 1 heterocycles. The maximum Gasteiger partial charge on any atom is 0.323 e. The first kappa shape index (κ1) is 21.0. The second kappa shape index (κ2) is 9.25. The SMILES string of the molecule is CCOC(=O)C1(CCC(C)C)CC(CSC(=N)N)OC1=O.Cl. The van der Waals surface area contributed by atoms with Gasteiger partial charge in [0.05, 0.1) is 6.61 Å². The smallest absolute Gasteiger partial charge is 0.323 e. The normalized spacial score (nSPS) is 23.8. The quantitative estimate of drug-likeness (QED) is 0.315. The van der Waals surface area contributed by atoms with Gasteiger partial charge in [-0.3, -0.25) is 15.0 Å². The lowest BCUT2D eigenvalue weighted by Gasteiger charge is -2.23. The molecule has 0 radical (unpaired) electrons. The van der Waals surface area contributed by atoms with Crippen LogP contribution in [0.5, 0.6) is 0 Å². The zero-order valence-electron chi connectivity index (χ0n) is 13.2. The Labute approximate surface area is 141 Å². The molecule has 3 N–H and O–H groups in total. The lowest BCUT2D eigenvalue weighted by Crippen LogP contribution is -2.38. The molecule has 0 spiro atoms. The third kappa shape index (κ3) is 5.35. The summed E-state index contributed by atoms with van der Waals surface area (Å²) >= 11 is 1.11. The fourth-order valence-corrected chi connectivity index (χ4v) is 2.88. The summed E-state index contributed by atoms with van der Waals surface area (Å²) < 4.78 is 10.4. The van der Waals surface area contributed by atoms with Gasteiger partial charge in [-0.15, -0.1) is 12.4 Å². The molecule has 0 aromatic heterocycles. The van der Waals surface area contributed by atoms with Gasteiger partial charge in [-0.05, 0) is 25.7 Å². The van der Waals surface area contributed by atoms with Crippen molar-refractivity contribution in [3.63, 3.8) is 0 Å². The number of halogens is 1. The van der Waals surface area contributed by atoms with Crippen LogP contribution in [0.1, 0.15) is 40.0 Å². The molecule has 1 aliphatic rings.